The van der Waals surface area contributed by atoms with Crippen LogP contribution in [0, 0.1) is 6.92 Å². The third-order valence-corrected chi connectivity index (χ3v) is 6.26. The number of anilines is 2. The average molecular weight is 390 g/mol. The van der Waals surface area contributed by atoms with Crippen molar-refractivity contribution >= 4 is 21.4 Å². The van der Waals surface area contributed by atoms with Crippen LogP contribution in [0.2, 0.25) is 0 Å². The van der Waals surface area contributed by atoms with Gasteiger partial charge in [0.25, 0.3) is 10.0 Å². The maximum atomic E-state index is 12.6. The number of rotatable bonds is 6. The minimum Gasteiger partial charge on any atom is -0.495 e. The van der Waals surface area contributed by atoms with Gasteiger partial charge in [0, 0.05) is 6.04 Å². The van der Waals surface area contributed by atoms with E-state index < -0.39 is 10.0 Å². The number of benzene rings is 2. The van der Waals surface area contributed by atoms with Crippen LogP contribution in [0.5, 0.6) is 5.75 Å². The van der Waals surface area contributed by atoms with Gasteiger partial charge in [0.2, 0.25) is 0 Å². The van der Waals surface area contributed by atoms with Crippen LogP contribution in [0.25, 0.3) is 0 Å². The van der Waals surface area contributed by atoms with E-state index in [0.29, 0.717) is 17.5 Å². The van der Waals surface area contributed by atoms with E-state index in [0.717, 1.165) is 37.2 Å². The van der Waals surface area contributed by atoms with Crippen LogP contribution in [-0.4, -0.2) is 46.6 Å². The lowest BCUT2D eigenvalue weighted by atomic mass is 10.0. The number of hydrogen-bond donors (Lipinski definition) is 2. The van der Waals surface area contributed by atoms with Crippen LogP contribution < -0.4 is 14.8 Å². The Morgan fingerprint density at radius 2 is 1.74 bits per heavy atom. The summed E-state index contributed by atoms with van der Waals surface area (Å²) >= 11 is 0. The molecule has 2 aromatic carbocycles. The maximum absolute atomic E-state index is 12.6. The standard InChI is InChI=1S/C20H27N3O3S/c1-15-4-7-18(8-5-15)27(24,25)22-17-6-9-20(26-3)19(14-17)21-16-10-12-23(2)13-11-16/h4-9,14,16,21-22H,10-13H2,1-3H3. The van der Waals surface area contributed by atoms with Crippen LogP contribution in [0.15, 0.2) is 47.4 Å². The number of nitrogens with zero attached hydrogens (tertiary/aromatic N) is 1. The van der Waals surface area contributed by atoms with E-state index >= 15 is 0 Å². The lowest BCUT2D eigenvalue weighted by molar-refractivity contribution is 0.263. The van der Waals surface area contributed by atoms with Crippen molar-refractivity contribution in [3.8, 4) is 5.75 Å². The van der Waals surface area contributed by atoms with Crippen LogP contribution >= 0.6 is 0 Å². The first kappa shape index (κ1) is 19.5. The Morgan fingerprint density at radius 3 is 2.37 bits per heavy atom. The predicted octanol–water partition coefficient (Wildman–Crippen LogP) is 3.31. The number of likely N-dealkylation sites (tertiary alicyclic amines) is 1. The minimum atomic E-state index is -3.63. The van der Waals surface area contributed by atoms with E-state index in [9.17, 15) is 8.42 Å². The molecule has 146 valence electrons. The molecule has 1 aliphatic heterocycles. The molecule has 0 radical (unpaired) electrons. The van der Waals surface area contributed by atoms with E-state index in [2.05, 4.69) is 22.0 Å². The Balaban J connectivity index is 1.79. The summed E-state index contributed by atoms with van der Waals surface area (Å²) in [5.74, 6) is 0.701. The third-order valence-electron chi connectivity index (χ3n) is 4.86. The molecule has 0 bridgehead atoms. The summed E-state index contributed by atoms with van der Waals surface area (Å²) in [7, 11) is 0.107. The molecule has 3 rings (SSSR count). The highest BCUT2D eigenvalue weighted by Crippen LogP contribution is 2.30. The molecule has 0 unspecified atom stereocenters. The van der Waals surface area contributed by atoms with Gasteiger partial charge < -0.3 is 15.0 Å². The van der Waals surface area contributed by atoms with Crippen molar-refractivity contribution in [3.05, 3.63) is 48.0 Å². The molecule has 1 heterocycles. The van der Waals surface area contributed by atoms with Gasteiger partial charge in [-0.2, -0.15) is 0 Å². The Hall–Kier alpha value is -2.25. The predicted molar refractivity (Wildman–Crippen MR) is 109 cm³/mol. The van der Waals surface area contributed by atoms with Gasteiger partial charge in [-0.1, -0.05) is 17.7 Å². The molecule has 1 aliphatic rings. The summed E-state index contributed by atoms with van der Waals surface area (Å²) < 4.78 is 33.4. The van der Waals surface area contributed by atoms with Crippen molar-refractivity contribution in [2.24, 2.45) is 0 Å². The second-order valence-corrected chi connectivity index (χ2v) is 8.74. The van der Waals surface area contributed by atoms with Crippen molar-refractivity contribution in [2.75, 3.05) is 37.3 Å². The second-order valence-electron chi connectivity index (χ2n) is 7.06. The van der Waals surface area contributed by atoms with Crippen molar-refractivity contribution < 1.29 is 13.2 Å². The lowest BCUT2D eigenvalue weighted by Crippen LogP contribution is -2.36. The summed E-state index contributed by atoms with van der Waals surface area (Å²) in [4.78, 5) is 2.55. The van der Waals surface area contributed by atoms with Crippen LogP contribution in [0.4, 0.5) is 11.4 Å². The van der Waals surface area contributed by atoms with Crippen LogP contribution in [0.3, 0.4) is 0 Å². The number of nitrogens with one attached hydrogen (secondary N) is 2. The summed E-state index contributed by atoms with van der Waals surface area (Å²) in [5, 5.41) is 3.51. The van der Waals surface area contributed by atoms with Crippen molar-refractivity contribution in [2.45, 2.75) is 30.7 Å². The van der Waals surface area contributed by atoms with Crippen LogP contribution in [0.1, 0.15) is 18.4 Å². The molecule has 7 heteroatoms. The summed E-state index contributed by atoms with van der Waals surface area (Å²) in [6.07, 6.45) is 2.08. The van der Waals surface area contributed by atoms with Gasteiger partial charge in [-0.05, 0) is 70.2 Å². The van der Waals surface area contributed by atoms with Gasteiger partial charge in [-0.25, -0.2) is 8.42 Å². The van der Waals surface area contributed by atoms with Crippen LogP contribution in [-0.2, 0) is 10.0 Å². The van der Waals surface area contributed by atoms with Gasteiger partial charge in [0.1, 0.15) is 5.75 Å². The zero-order valence-electron chi connectivity index (χ0n) is 16.0. The van der Waals surface area contributed by atoms with E-state index in [-0.39, 0.29) is 4.90 Å². The van der Waals surface area contributed by atoms with Gasteiger partial charge in [0.15, 0.2) is 0 Å². The molecule has 2 N–H and O–H groups in total. The summed E-state index contributed by atoms with van der Waals surface area (Å²) in [6.45, 7) is 4.01. The topological polar surface area (TPSA) is 70.7 Å². The quantitative estimate of drug-likeness (QED) is 0.793. The third kappa shape index (κ3) is 4.93. The number of methoxy groups -OCH3 is 1. The van der Waals surface area contributed by atoms with E-state index in [1.807, 2.05) is 6.92 Å². The first-order valence-corrected chi connectivity index (χ1v) is 10.6. The molecule has 0 atom stereocenters. The SMILES string of the molecule is COc1ccc(NS(=O)(=O)c2ccc(C)cc2)cc1NC1CCN(C)CC1. The van der Waals surface area contributed by atoms with Crippen molar-refractivity contribution in [1.82, 2.24) is 4.90 Å². The molecule has 0 saturated carbocycles. The Bertz CT molecular complexity index is 874. The van der Waals surface area contributed by atoms with Gasteiger partial charge in [0.05, 0.1) is 23.4 Å². The Labute approximate surface area is 161 Å². The Morgan fingerprint density at radius 1 is 1.07 bits per heavy atom. The summed E-state index contributed by atoms with van der Waals surface area (Å²) in [6, 6.07) is 12.4. The summed E-state index contributed by atoms with van der Waals surface area (Å²) in [5.41, 5.74) is 2.32. The number of piperidine rings is 1. The number of hydrogen-bond acceptors (Lipinski definition) is 5. The molecule has 6 nitrogen and oxygen atoms in total. The van der Waals surface area contributed by atoms with Crippen molar-refractivity contribution in [3.63, 3.8) is 0 Å². The molecule has 1 fully saturated rings. The lowest BCUT2D eigenvalue weighted by Gasteiger charge is -2.30. The van der Waals surface area contributed by atoms with E-state index in [1.54, 1.807) is 49.6 Å². The van der Waals surface area contributed by atoms with Gasteiger partial charge in [-0.15, -0.1) is 0 Å². The molecule has 2 aromatic rings. The Kier molecular flexibility index (Phi) is 5.92. The van der Waals surface area contributed by atoms with Gasteiger partial charge >= 0.3 is 0 Å². The first-order valence-electron chi connectivity index (χ1n) is 9.10. The molecule has 0 spiro atoms. The van der Waals surface area contributed by atoms with E-state index in [1.165, 1.54) is 0 Å². The highest BCUT2D eigenvalue weighted by atomic mass is 32.2. The second kappa shape index (κ2) is 8.19. The van der Waals surface area contributed by atoms with Gasteiger partial charge in [-0.3, -0.25) is 4.72 Å². The fourth-order valence-corrected chi connectivity index (χ4v) is 4.24. The zero-order chi connectivity index (χ0) is 19.4. The fraction of sp³-hybridized carbons (Fsp3) is 0.400. The highest BCUT2D eigenvalue weighted by molar-refractivity contribution is 7.92. The average Bonchev–Trinajstić information content (AvgIpc) is 2.64. The highest BCUT2D eigenvalue weighted by Gasteiger charge is 2.19. The maximum Gasteiger partial charge on any atom is 0.261 e. The molecule has 27 heavy (non-hydrogen) atoms. The smallest absolute Gasteiger partial charge is 0.261 e. The number of aryl methyl sites for hydroxylation is 1. The number of ether oxygens (including phenoxy) is 1. The minimum absolute atomic E-state index is 0.244. The fourth-order valence-electron chi connectivity index (χ4n) is 3.19. The largest absolute Gasteiger partial charge is 0.495 e. The van der Waals surface area contributed by atoms with Crippen molar-refractivity contribution in [1.29, 1.82) is 0 Å². The number of sulfonamides is 1. The normalized spacial score (nSPS) is 16.1. The molecule has 0 amide bonds. The molecular weight excluding hydrogens is 362 g/mol. The first-order chi connectivity index (χ1) is 12.9. The molecule has 1 saturated heterocycles. The zero-order valence-corrected chi connectivity index (χ0v) is 16.8. The molecule has 0 aromatic heterocycles. The molecular formula is C20H27N3O3S. The molecule has 0 aliphatic carbocycles. The van der Waals surface area contributed by atoms with E-state index in [4.69, 9.17) is 4.74 Å². The monoisotopic (exact) mass is 389 g/mol.